The number of nitriles is 2. The van der Waals surface area contributed by atoms with Crippen LogP contribution in [-0.4, -0.2) is 26.0 Å². The van der Waals surface area contributed by atoms with E-state index in [9.17, 15) is 14.9 Å². The second-order valence-corrected chi connectivity index (χ2v) is 5.28. The van der Waals surface area contributed by atoms with Gasteiger partial charge in [-0.1, -0.05) is 18.2 Å². The Morgan fingerprint density at radius 3 is 2.36 bits per heavy atom. The van der Waals surface area contributed by atoms with E-state index in [0.29, 0.717) is 0 Å². The minimum Gasteiger partial charge on any atom is -0.386 e. The van der Waals surface area contributed by atoms with Gasteiger partial charge >= 0.3 is 0 Å². The summed E-state index contributed by atoms with van der Waals surface area (Å²) in [5, 5.41) is 19.5. The summed E-state index contributed by atoms with van der Waals surface area (Å²) in [7, 11) is 2.62. The first-order chi connectivity index (χ1) is 10.5. The number of fused-ring (bicyclic) bond motifs is 1. The zero-order valence-corrected chi connectivity index (χ0v) is 12.0. The second kappa shape index (κ2) is 4.26. The number of amidine groups is 1. The van der Waals surface area contributed by atoms with Crippen molar-refractivity contribution in [3.63, 3.8) is 0 Å². The smallest absolute Gasteiger partial charge is 0.292 e. The number of hydrogen-bond donors (Lipinski definition) is 1. The molecular formula is C15H13FN4O2. The minimum absolute atomic E-state index is 0.0755. The lowest BCUT2D eigenvalue weighted by molar-refractivity contribution is -0.230. The normalized spacial score (nSPS) is 34.2. The molecule has 112 valence electrons. The number of rotatable bonds is 3. The lowest BCUT2D eigenvalue weighted by Gasteiger charge is -2.29. The molecule has 2 N–H and O–H groups in total. The van der Waals surface area contributed by atoms with Gasteiger partial charge in [0.1, 0.15) is 17.1 Å². The molecule has 0 saturated heterocycles. The first-order valence-electron chi connectivity index (χ1n) is 6.54. The Morgan fingerprint density at radius 1 is 1.23 bits per heavy atom. The minimum atomic E-state index is -1.73. The van der Waals surface area contributed by atoms with E-state index in [-0.39, 0.29) is 11.4 Å². The molecule has 1 fully saturated rings. The van der Waals surface area contributed by atoms with Gasteiger partial charge in [0.2, 0.25) is 0 Å². The van der Waals surface area contributed by atoms with E-state index >= 15 is 0 Å². The van der Waals surface area contributed by atoms with Gasteiger partial charge in [-0.15, -0.1) is 0 Å². The Kier molecular flexibility index (Phi) is 2.80. The van der Waals surface area contributed by atoms with Crippen LogP contribution in [0.5, 0.6) is 0 Å². The van der Waals surface area contributed by atoms with E-state index < -0.39 is 28.5 Å². The van der Waals surface area contributed by atoms with Gasteiger partial charge < -0.3 is 15.2 Å². The number of nitrogens with two attached hydrogens (primary N) is 1. The molecule has 1 heterocycles. The van der Waals surface area contributed by atoms with E-state index in [4.69, 9.17) is 15.2 Å². The third-order valence-corrected chi connectivity index (χ3v) is 4.70. The largest absolute Gasteiger partial charge is 0.386 e. The van der Waals surface area contributed by atoms with Crippen molar-refractivity contribution in [3.05, 3.63) is 35.6 Å². The Morgan fingerprint density at radius 2 is 1.86 bits per heavy atom. The molecule has 2 aliphatic rings. The van der Waals surface area contributed by atoms with Crippen LogP contribution in [-0.2, 0) is 9.47 Å². The Balaban J connectivity index is 2.29. The highest BCUT2D eigenvalue weighted by atomic mass is 19.1. The molecule has 7 heteroatoms. The van der Waals surface area contributed by atoms with E-state index in [2.05, 4.69) is 17.1 Å². The molecule has 3 atom stereocenters. The highest BCUT2D eigenvalue weighted by Gasteiger charge is 2.93. The molecule has 1 saturated carbocycles. The van der Waals surface area contributed by atoms with Crippen molar-refractivity contribution in [2.45, 2.75) is 11.8 Å². The number of hydrogen-bond acceptors (Lipinski definition) is 6. The fourth-order valence-electron chi connectivity index (χ4n) is 3.70. The summed E-state index contributed by atoms with van der Waals surface area (Å²) in [6.45, 7) is 0. The molecule has 0 radical (unpaired) electrons. The third-order valence-electron chi connectivity index (χ3n) is 4.70. The molecule has 0 bridgehead atoms. The van der Waals surface area contributed by atoms with Gasteiger partial charge in [0, 0.05) is 20.1 Å². The van der Waals surface area contributed by atoms with Crippen LogP contribution in [0.4, 0.5) is 4.39 Å². The number of halogens is 1. The van der Waals surface area contributed by atoms with Crippen LogP contribution >= 0.6 is 0 Å². The monoisotopic (exact) mass is 300 g/mol. The van der Waals surface area contributed by atoms with Gasteiger partial charge in [-0.05, 0) is 11.6 Å². The maximum Gasteiger partial charge on any atom is 0.292 e. The molecule has 22 heavy (non-hydrogen) atoms. The zero-order valence-electron chi connectivity index (χ0n) is 12.0. The molecule has 3 unspecified atom stereocenters. The summed E-state index contributed by atoms with van der Waals surface area (Å²) in [6.07, 6.45) is 0. The second-order valence-electron chi connectivity index (χ2n) is 5.28. The predicted octanol–water partition coefficient (Wildman–Crippen LogP) is 1.26. The number of aliphatic imine (C=N–C) groups is 1. The fourth-order valence-corrected chi connectivity index (χ4v) is 3.70. The molecule has 6 nitrogen and oxygen atoms in total. The Labute approximate surface area is 126 Å². The van der Waals surface area contributed by atoms with Gasteiger partial charge in [-0.2, -0.15) is 10.5 Å². The summed E-state index contributed by atoms with van der Waals surface area (Å²) in [5.74, 6) is -3.13. The first kappa shape index (κ1) is 14.5. The third kappa shape index (κ3) is 1.19. The van der Waals surface area contributed by atoms with E-state index in [1.54, 1.807) is 6.07 Å². The molecule has 1 aliphatic carbocycles. The van der Waals surface area contributed by atoms with Gasteiger partial charge in [0.05, 0.1) is 12.1 Å². The van der Waals surface area contributed by atoms with Crippen LogP contribution in [0.2, 0.25) is 0 Å². The van der Waals surface area contributed by atoms with Crippen molar-refractivity contribution in [2.75, 3.05) is 14.2 Å². The lowest BCUT2D eigenvalue weighted by Crippen LogP contribution is -2.41. The summed E-state index contributed by atoms with van der Waals surface area (Å²) < 4.78 is 24.8. The van der Waals surface area contributed by atoms with Crippen LogP contribution in [0.25, 0.3) is 0 Å². The van der Waals surface area contributed by atoms with E-state index in [1.807, 2.05) is 0 Å². The SMILES string of the molecule is COC1(OC)N=C(N)C2(C#N)C(c3ccccc3F)C12C#N. The van der Waals surface area contributed by atoms with E-state index in [1.165, 1.54) is 32.4 Å². The van der Waals surface area contributed by atoms with Crippen LogP contribution in [0.3, 0.4) is 0 Å². The average Bonchev–Trinajstić information content (AvgIpc) is 3.10. The van der Waals surface area contributed by atoms with Crippen molar-refractivity contribution in [2.24, 2.45) is 21.6 Å². The van der Waals surface area contributed by atoms with Gasteiger partial charge in [-0.3, -0.25) is 0 Å². The van der Waals surface area contributed by atoms with E-state index in [0.717, 1.165) is 0 Å². The van der Waals surface area contributed by atoms with Gasteiger partial charge in [-0.25, -0.2) is 9.38 Å². The molecule has 1 aromatic rings. The van der Waals surface area contributed by atoms with Crippen molar-refractivity contribution >= 4 is 5.84 Å². The molecule has 0 aromatic heterocycles. The van der Waals surface area contributed by atoms with Gasteiger partial charge in [0.25, 0.3) is 5.91 Å². The maximum absolute atomic E-state index is 14.2. The highest BCUT2D eigenvalue weighted by molar-refractivity contribution is 6.00. The molecular weight excluding hydrogens is 287 g/mol. The number of benzene rings is 1. The summed E-state index contributed by atoms with van der Waals surface area (Å²) in [5.41, 5.74) is 3.16. The van der Waals surface area contributed by atoms with Crippen LogP contribution in [0.1, 0.15) is 11.5 Å². The zero-order chi connectivity index (χ0) is 16.2. The molecule has 0 spiro atoms. The van der Waals surface area contributed by atoms with Crippen LogP contribution < -0.4 is 5.73 Å². The highest BCUT2D eigenvalue weighted by Crippen LogP contribution is 2.81. The summed E-state index contributed by atoms with van der Waals surface area (Å²) >= 11 is 0. The maximum atomic E-state index is 14.2. The van der Waals surface area contributed by atoms with Crippen molar-refractivity contribution in [1.29, 1.82) is 10.5 Å². The summed E-state index contributed by atoms with van der Waals surface area (Å²) in [6, 6.07) is 10.1. The number of methoxy groups -OCH3 is 2. The van der Waals surface area contributed by atoms with Crippen molar-refractivity contribution in [3.8, 4) is 12.1 Å². The molecule has 0 amide bonds. The Hall–Kier alpha value is -2.48. The average molecular weight is 300 g/mol. The number of nitrogens with zero attached hydrogens (tertiary/aromatic N) is 3. The fraction of sp³-hybridized carbons (Fsp3) is 0.400. The summed E-state index contributed by atoms with van der Waals surface area (Å²) in [4.78, 5) is 4.06. The van der Waals surface area contributed by atoms with Gasteiger partial charge in [0.15, 0.2) is 5.41 Å². The topological polar surface area (TPSA) is 104 Å². The quantitative estimate of drug-likeness (QED) is 0.846. The molecule has 3 rings (SSSR count). The molecule has 1 aliphatic heterocycles. The van der Waals surface area contributed by atoms with Crippen molar-refractivity contribution < 1.29 is 13.9 Å². The Bertz CT molecular complexity index is 762. The standard InChI is InChI=1S/C15H13FN4O2/c1-21-15(22-2)14(8-18)11(9-5-3-4-6-10(9)16)13(14,7-17)12(19)20-15/h3-6,11H,1-2H3,(H2,19,20). The number of ether oxygens (including phenoxy) is 2. The van der Waals surface area contributed by atoms with Crippen LogP contribution in [0.15, 0.2) is 29.3 Å². The van der Waals surface area contributed by atoms with Crippen LogP contribution in [0, 0.1) is 39.3 Å². The predicted molar refractivity (Wildman–Crippen MR) is 73.6 cm³/mol. The first-order valence-corrected chi connectivity index (χ1v) is 6.54. The lowest BCUT2D eigenvalue weighted by atomic mass is 9.93. The van der Waals surface area contributed by atoms with Crippen molar-refractivity contribution in [1.82, 2.24) is 0 Å². The molecule has 1 aromatic carbocycles.